The first-order chi connectivity index (χ1) is 8.66. The highest BCUT2D eigenvalue weighted by Gasteiger charge is 2.45. The van der Waals surface area contributed by atoms with Crippen molar-refractivity contribution in [3.05, 3.63) is 0 Å². The lowest BCUT2D eigenvalue weighted by molar-refractivity contribution is -0.160. The number of hydrogen-bond acceptors (Lipinski definition) is 3. The summed E-state index contributed by atoms with van der Waals surface area (Å²) in [6, 6.07) is 0. The predicted octanol–water partition coefficient (Wildman–Crippen LogP) is 2.84. The van der Waals surface area contributed by atoms with Gasteiger partial charge in [-0.3, -0.25) is 4.79 Å². The molecule has 2 aliphatic rings. The topological polar surface area (TPSA) is 29.5 Å². The fourth-order valence-electron chi connectivity index (χ4n) is 3.64. The average Bonchev–Trinajstić information content (AvgIpc) is 2.34. The van der Waals surface area contributed by atoms with Crippen LogP contribution in [0.3, 0.4) is 0 Å². The second-order valence-corrected chi connectivity index (χ2v) is 6.33. The molecule has 2 saturated carbocycles. The SMILES string of the molecule is COC(=O)C1(CN(C)CC2CCCCC2)CCC1. The Labute approximate surface area is 111 Å². The molecule has 0 atom stereocenters. The van der Waals surface area contributed by atoms with Gasteiger partial charge in [0.15, 0.2) is 0 Å². The number of hydrogen-bond donors (Lipinski definition) is 0. The molecule has 0 bridgehead atoms. The molecule has 0 aromatic rings. The first-order valence-corrected chi connectivity index (χ1v) is 7.43. The van der Waals surface area contributed by atoms with Gasteiger partial charge in [-0.05, 0) is 38.6 Å². The summed E-state index contributed by atoms with van der Waals surface area (Å²) in [4.78, 5) is 14.3. The van der Waals surface area contributed by atoms with E-state index in [0.717, 1.165) is 31.8 Å². The van der Waals surface area contributed by atoms with Crippen LogP contribution >= 0.6 is 0 Å². The van der Waals surface area contributed by atoms with Gasteiger partial charge in [0.2, 0.25) is 0 Å². The van der Waals surface area contributed by atoms with E-state index >= 15 is 0 Å². The van der Waals surface area contributed by atoms with E-state index in [0.29, 0.717) is 0 Å². The number of methoxy groups -OCH3 is 1. The molecule has 0 spiro atoms. The molecule has 0 aromatic heterocycles. The molecule has 0 aromatic carbocycles. The second-order valence-electron chi connectivity index (χ2n) is 6.33. The highest BCUT2D eigenvalue weighted by atomic mass is 16.5. The number of nitrogens with zero attached hydrogens (tertiary/aromatic N) is 1. The minimum atomic E-state index is -0.182. The van der Waals surface area contributed by atoms with E-state index < -0.39 is 0 Å². The van der Waals surface area contributed by atoms with Crippen molar-refractivity contribution in [3.63, 3.8) is 0 Å². The van der Waals surface area contributed by atoms with Crippen LogP contribution in [-0.4, -0.2) is 38.1 Å². The van der Waals surface area contributed by atoms with Crippen LogP contribution in [0.4, 0.5) is 0 Å². The molecule has 0 amide bonds. The van der Waals surface area contributed by atoms with Gasteiger partial charge in [0.1, 0.15) is 0 Å². The Hall–Kier alpha value is -0.570. The first-order valence-electron chi connectivity index (χ1n) is 7.43. The van der Waals surface area contributed by atoms with E-state index in [4.69, 9.17) is 4.74 Å². The minimum absolute atomic E-state index is 0.00393. The maximum absolute atomic E-state index is 11.9. The summed E-state index contributed by atoms with van der Waals surface area (Å²) in [5.41, 5.74) is -0.182. The van der Waals surface area contributed by atoms with Crippen molar-refractivity contribution in [2.24, 2.45) is 11.3 Å². The highest BCUT2D eigenvalue weighted by Crippen LogP contribution is 2.42. The van der Waals surface area contributed by atoms with Gasteiger partial charge in [-0.15, -0.1) is 0 Å². The first kappa shape index (κ1) is 13.9. The molecule has 0 aliphatic heterocycles. The Kier molecular flexibility index (Phi) is 4.66. The maximum atomic E-state index is 11.9. The van der Waals surface area contributed by atoms with Gasteiger partial charge in [-0.2, -0.15) is 0 Å². The Morgan fingerprint density at radius 2 is 1.89 bits per heavy atom. The summed E-state index contributed by atoms with van der Waals surface area (Å²) in [6.45, 7) is 2.04. The third-order valence-corrected chi connectivity index (χ3v) is 4.80. The molecule has 104 valence electrons. The fraction of sp³-hybridized carbons (Fsp3) is 0.933. The summed E-state index contributed by atoms with van der Waals surface area (Å²) >= 11 is 0. The van der Waals surface area contributed by atoms with Gasteiger partial charge in [0.05, 0.1) is 12.5 Å². The van der Waals surface area contributed by atoms with E-state index in [1.807, 2.05) is 0 Å². The molecule has 3 nitrogen and oxygen atoms in total. The standard InChI is InChI=1S/C15H27NO2/c1-16(11-13-7-4-3-5-8-13)12-15(9-6-10-15)14(17)18-2/h13H,3-12H2,1-2H3. The summed E-state index contributed by atoms with van der Waals surface area (Å²) in [5.74, 6) is 0.850. The normalized spacial score (nSPS) is 23.7. The van der Waals surface area contributed by atoms with Crippen LogP contribution in [0.25, 0.3) is 0 Å². The van der Waals surface area contributed by atoms with Crippen molar-refractivity contribution in [3.8, 4) is 0 Å². The summed E-state index contributed by atoms with van der Waals surface area (Å²) in [6.07, 6.45) is 10.1. The van der Waals surface area contributed by atoms with Crippen molar-refractivity contribution in [1.29, 1.82) is 0 Å². The third-order valence-electron chi connectivity index (χ3n) is 4.80. The lowest BCUT2D eigenvalue weighted by Gasteiger charge is -2.42. The number of esters is 1. The van der Waals surface area contributed by atoms with Crippen LogP contribution in [0, 0.1) is 11.3 Å². The Balaban J connectivity index is 1.81. The lowest BCUT2D eigenvalue weighted by Crippen LogP contribution is -2.48. The summed E-state index contributed by atoms with van der Waals surface area (Å²) in [7, 11) is 3.68. The van der Waals surface area contributed by atoms with Gasteiger partial charge >= 0.3 is 5.97 Å². The van der Waals surface area contributed by atoms with Crippen molar-refractivity contribution in [2.75, 3.05) is 27.2 Å². The zero-order valence-electron chi connectivity index (χ0n) is 11.9. The van der Waals surface area contributed by atoms with Crippen LogP contribution < -0.4 is 0 Å². The molecular weight excluding hydrogens is 226 g/mol. The Morgan fingerprint density at radius 1 is 1.22 bits per heavy atom. The molecule has 2 fully saturated rings. The van der Waals surface area contributed by atoms with E-state index in [-0.39, 0.29) is 11.4 Å². The van der Waals surface area contributed by atoms with Crippen LogP contribution in [0.5, 0.6) is 0 Å². The molecule has 2 rings (SSSR count). The molecule has 0 N–H and O–H groups in total. The zero-order chi connectivity index (χ0) is 13.0. The average molecular weight is 253 g/mol. The van der Waals surface area contributed by atoms with E-state index in [1.165, 1.54) is 45.6 Å². The monoisotopic (exact) mass is 253 g/mol. The molecule has 0 radical (unpaired) electrons. The Morgan fingerprint density at radius 3 is 2.39 bits per heavy atom. The van der Waals surface area contributed by atoms with Gasteiger partial charge in [0.25, 0.3) is 0 Å². The van der Waals surface area contributed by atoms with Gasteiger partial charge < -0.3 is 9.64 Å². The molecule has 2 aliphatic carbocycles. The van der Waals surface area contributed by atoms with E-state index in [9.17, 15) is 4.79 Å². The van der Waals surface area contributed by atoms with Crippen molar-refractivity contribution >= 4 is 5.97 Å². The molecule has 3 heteroatoms. The number of carbonyl (C=O) groups is 1. The third kappa shape index (κ3) is 3.05. The number of carbonyl (C=O) groups excluding carboxylic acids is 1. The minimum Gasteiger partial charge on any atom is -0.469 e. The second kappa shape index (κ2) is 6.05. The van der Waals surface area contributed by atoms with Crippen LogP contribution in [-0.2, 0) is 9.53 Å². The van der Waals surface area contributed by atoms with Gasteiger partial charge in [0, 0.05) is 13.1 Å². The molecule has 0 heterocycles. The van der Waals surface area contributed by atoms with Crippen molar-refractivity contribution < 1.29 is 9.53 Å². The fourth-order valence-corrected chi connectivity index (χ4v) is 3.64. The van der Waals surface area contributed by atoms with E-state index in [1.54, 1.807) is 0 Å². The largest absolute Gasteiger partial charge is 0.469 e. The van der Waals surface area contributed by atoms with Crippen molar-refractivity contribution in [2.45, 2.75) is 51.4 Å². The molecule has 0 saturated heterocycles. The maximum Gasteiger partial charge on any atom is 0.313 e. The van der Waals surface area contributed by atoms with Crippen LogP contribution in [0.15, 0.2) is 0 Å². The van der Waals surface area contributed by atoms with Crippen molar-refractivity contribution in [1.82, 2.24) is 4.90 Å². The molecule has 0 unspecified atom stereocenters. The van der Waals surface area contributed by atoms with Gasteiger partial charge in [-0.25, -0.2) is 0 Å². The molecule has 18 heavy (non-hydrogen) atoms. The predicted molar refractivity (Wildman–Crippen MR) is 72.4 cm³/mol. The van der Waals surface area contributed by atoms with Crippen LogP contribution in [0.1, 0.15) is 51.4 Å². The Bertz CT molecular complexity index is 280. The van der Waals surface area contributed by atoms with Crippen LogP contribution in [0.2, 0.25) is 0 Å². The van der Waals surface area contributed by atoms with Gasteiger partial charge in [-0.1, -0.05) is 25.7 Å². The summed E-state index contributed by atoms with van der Waals surface area (Å²) in [5, 5.41) is 0. The zero-order valence-corrected chi connectivity index (χ0v) is 11.9. The highest BCUT2D eigenvalue weighted by molar-refractivity contribution is 5.78. The number of rotatable bonds is 5. The smallest absolute Gasteiger partial charge is 0.313 e. The number of ether oxygens (including phenoxy) is 1. The summed E-state index contributed by atoms with van der Waals surface area (Å²) < 4.78 is 4.98. The quantitative estimate of drug-likeness (QED) is 0.706. The van der Waals surface area contributed by atoms with E-state index in [2.05, 4.69) is 11.9 Å². The molecular formula is C15H27NO2. The lowest BCUT2D eigenvalue weighted by atomic mass is 9.68.